The highest BCUT2D eigenvalue weighted by molar-refractivity contribution is 6.32. The van der Waals surface area contributed by atoms with Crippen molar-refractivity contribution in [1.82, 2.24) is 9.38 Å². The van der Waals surface area contributed by atoms with Crippen molar-refractivity contribution in [3.63, 3.8) is 0 Å². The summed E-state index contributed by atoms with van der Waals surface area (Å²) < 4.78 is 2.22. The number of fused-ring (bicyclic) bond motifs is 1. The highest BCUT2D eigenvalue weighted by atomic mass is 35.5. The van der Waals surface area contributed by atoms with Crippen molar-refractivity contribution >= 4 is 17.1 Å². The van der Waals surface area contributed by atoms with E-state index in [9.17, 15) is 0 Å². The van der Waals surface area contributed by atoms with Crippen LogP contribution in [0.15, 0.2) is 42.6 Å². The summed E-state index contributed by atoms with van der Waals surface area (Å²) in [5.74, 6) is 0.611. The molecule has 0 saturated heterocycles. The van der Waals surface area contributed by atoms with E-state index in [0.29, 0.717) is 11.1 Å². The number of aryl methyl sites for hydroxylation is 1. The Kier molecular flexibility index (Phi) is 4.21. The minimum atomic E-state index is 0.587. The Hall–Kier alpha value is -1.80. The third-order valence-electron chi connectivity index (χ3n) is 3.88. The van der Waals surface area contributed by atoms with Crippen molar-refractivity contribution in [2.75, 3.05) is 0 Å². The zero-order valence-electron chi connectivity index (χ0n) is 13.3. The van der Waals surface area contributed by atoms with Gasteiger partial charge in [0.25, 0.3) is 0 Å². The first kappa shape index (κ1) is 15.1. The molecule has 2 nitrogen and oxygen atoms in total. The molecule has 0 aliphatic heterocycles. The number of benzene rings is 1. The second-order valence-electron chi connectivity index (χ2n) is 6.30. The molecule has 2 aromatic heterocycles. The molecule has 0 N–H and O–H groups in total. The van der Waals surface area contributed by atoms with E-state index in [0.717, 1.165) is 24.1 Å². The smallest absolute Gasteiger partial charge is 0.153 e. The fourth-order valence-corrected chi connectivity index (χ4v) is 3.24. The molecule has 22 heavy (non-hydrogen) atoms. The summed E-state index contributed by atoms with van der Waals surface area (Å²) in [6, 6.07) is 12.8. The summed E-state index contributed by atoms with van der Waals surface area (Å²) in [5.41, 5.74) is 5.96. The van der Waals surface area contributed by atoms with E-state index in [2.05, 4.69) is 65.8 Å². The normalized spacial score (nSPS) is 11.5. The molecule has 0 bridgehead atoms. The van der Waals surface area contributed by atoms with E-state index >= 15 is 0 Å². The average molecular weight is 313 g/mol. The van der Waals surface area contributed by atoms with Gasteiger partial charge in [-0.3, -0.25) is 0 Å². The third-order valence-corrected chi connectivity index (χ3v) is 4.15. The first-order valence-corrected chi connectivity index (χ1v) is 8.12. The molecule has 0 aliphatic rings. The molecule has 0 aliphatic carbocycles. The zero-order chi connectivity index (χ0) is 15.7. The molecule has 114 valence electrons. The highest BCUT2D eigenvalue weighted by Gasteiger charge is 2.15. The van der Waals surface area contributed by atoms with Gasteiger partial charge in [0.05, 0.1) is 11.2 Å². The number of halogens is 1. The lowest BCUT2D eigenvalue weighted by Crippen LogP contribution is -2.02. The molecule has 0 atom stereocenters. The first-order chi connectivity index (χ1) is 10.5. The standard InChI is InChI=1S/C19H21ClN2/c1-13(2)9-16-11-18-19(20)21-14(3)12-22(18)17(16)10-15-7-5-4-6-8-15/h4-8,11-13H,9-10H2,1-3H3. The molecule has 1 aromatic carbocycles. The van der Waals surface area contributed by atoms with Gasteiger partial charge in [0, 0.05) is 18.3 Å². The monoisotopic (exact) mass is 312 g/mol. The second kappa shape index (κ2) is 6.13. The summed E-state index contributed by atoms with van der Waals surface area (Å²) in [4.78, 5) is 4.39. The summed E-state index contributed by atoms with van der Waals surface area (Å²) >= 11 is 6.36. The predicted octanol–water partition coefficient (Wildman–Crippen LogP) is 5.09. The summed E-state index contributed by atoms with van der Waals surface area (Å²) in [5, 5.41) is 0.587. The van der Waals surface area contributed by atoms with E-state index < -0.39 is 0 Å². The van der Waals surface area contributed by atoms with Crippen LogP contribution in [0.25, 0.3) is 5.52 Å². The van der Waals surface area contributed by atoms with Crippen molar-refractivity contribution < 1.29 is 0 Å². The van der Waals surface area contributed by atoms with Crippen LogP contribution in [-0.4, -0.2) is 9.38 Å². The van der Waals surface area contributed by atoms with Crippen LogP contribution in [-0.2, 0) is 12.8 Å². The molecule has 0 spiro atoms. The summed E-state index contributed by atoms with van der Waals surface area (Å²) in [6.07, 6.45) is 4.05. The van der Waals surface area contributed by atoms with Gasteiger partial charge in [0.1, 0.15) is 0 Å². The first-order valence-electron chi connectivity index (χ1n) is 7.74. The van der Waals surface area contributed by atoms with Gasteiger partial charge in [-0.2, -0.15) is 0 Å². The quantitative estimate of drug-likeness (QED) is 0.656. The Morgan fingerprint density at radius 2 is 1.91 bits per heavy atom. The minimum absolute atomic E-state index is 0.587. The van der Waals surface area contributed by atoms with E-state index in [-0.39, 0.29) is 0 Å². The van der Waals surface area contributed by atoms with Crippen LogP contribution in [0.4, 0.5) is 0 Å². The lowest BCUT2D eigenvalue weighted by atomic mass is 10.00. The topological polar surface area (TPSA) is 17.3 Å². The predicted molar refractivity (Wildman–Crippen MR) is 92.7 cm³/mol. The molecule has 0 fully saturated rings. The van der Waals surface area contributed by atoms with Gasteiger partial charge in [0.15, 0.2) is 5.15 Å². The van der Waals surface area contributed by atoms with Crippen LogP contribution in [0.5, 0.6) is 0 Å². The van der Waals surface area contributed by atoms with Crippen LogP contribution in [0, 0.1) is 12.8 Å². The molecule has 0 amide bonds. The molecule has 3 heteroatoms. The van der Waals surface area contributed by atoms with Gasteiger partial charge in [-0.05, 0) is 36.5 Å². The maximum atomic E-state index is 6.36. The second-order valence-corrected chi connectivity index (χ2v) is 6.66. The Morgan fingerprint density at radius 3 is 2.59 bits per heavy atom. The molecule has 2 heterocycles. The number of hydrogen-bond donors (Lipinski definition) is 0. The van der Waals surface area contributed by atoms with Crippen LogP contribution in [0.1, 0.15) is 36.4 Å². The van der Waals surface area contributed by atoms with Gasteiger partial charge in [0.2, 0.25) is 0 Å². The van der Waals surface area contributed by atoms with Gasteiger partial charge < -0.3 is 4.40 Å². The van der Waals surface area contributed by atoms with Gasteiger partial charge in [-0.15, -0.1) is 0 Å². The SMILES string of the molecule is Cc1cn2c(Cc3ccccc3)c(CC(C)C)cc2c(Cl)n1. The van der Waals surface area contributed by atoms with Gasteiger partial charge in [-0.25, -0.2) is 4.98 Å². The fourth-order valence-electron chi connectivity index (χ4n) is 2.96. The molecule has 3 aromatic rings. The van der Waals surface area contributed by atoms with E-state index in [1.54, 1.807) is 0 Å². The fraction of sp³-hybridized carbons (Fsp3) is 0.316. The maximum Gasteiger partial charge on any atom is 0.153 e. The van der Waals surface area contributed by atoms with Crippen LogP contribution >= 0.6 is 11.6 Å². The minimum Gasteiger partial charge on any atom is -0.316 e. The molecular weight excluding hydrogens is 292 g/mol. The molecular formula is C19H21ClN2. The Morgan fingerprint density at radius 1 is 1.18 bits per heavy atom. The van der Waals surface area contributed by atoms with Gasteiger partial charge >= 0.3 is 0 Å². The molecule has 0 saturated carbocycles. The highest BCUT2D eigenvalue weighted by Crippen LogP contribution is 2.26. The number of rotatable bonds is 4. The molecule has 0 radical (unpaired) electrons. The summed E-state index contributed by atoms with van der Waals surface area (Å²) in [7, 11) is 0. The van der Waals surface area contributed by atoms with Crippen molar-refractivity contribution in [2.24, 2.45) is 5.92 Å². The zero-order valence-corrected chi connectivity index (χ0v) is 14.1. The van der Waals surface area contributed by atoms with Crippen LogP contribution in [0.3, 0.4) is 0 Å². The number of hydrogen-bond acceptors (Lipinski definition) is 1. The third kappa shape index (κ3) is 3.02. The van der Waals surface area contributed by atoms with Crippen molar-refractivity contribution in [2.45, 2.75) is 33.6 Å². The van der Waals surface area contributed by atoms with E-state index in [4.69, 9.17) is 11.6 Å². The van der Waals surface area contributed by atoms with Crippen LogP contribution in [0.2, 0.25) is 5.15 Å². The van der Waals surface area contributed by atoms with Crippen molar-refractivity contribution in [3.8, 4) is 0 Å². The Labute approximate surface area is 136 Å². The van der Waals surface area contributed by atoms with Crippen molar-refractivity contribution in [1.29, 1.82) is 0 Å². The number of aromatic nitrogens is 2. The van der Waals surface area contributed by atoms with E-state index in [1.165, 1.54) is 16.8 Å². The van der Waals surface area contributed by atoms with Crippen LogP contribution < -0.4 is 0 Å². The lowest BCUT2D eigenvalue weighted by molar-refractivity contribution is 0.643. The Bertz CT molecular complexity index is 788. The maximum absolute atomic E-state index is 6.36. The van der Waals surface area contributed by atoms with Gasteiger partial charge in [-0.1, -0.05) is 55.8 Å². The lowest BCUT2D eigenvalue weighted by Gasteiger charge is -2.10. The number of nitrogens with zero attached hydrogens (tertiary/aromatic N) is 2. The summed E-state index contributed by atoms with van der Waals surface area (Å²) in [6.45, 7) is 6.49. The average Bonchev–Trinajstić information content (AvgIpc) is 2.78. The largest absolute Gasteiger partial charge is 0.316 e. The molecule has 3 rings (SSSR count). The van der Waals surface area contributed by atoms with E-state index in [1.807, 2.05) is 6.92 Å². The molecule has 0 unspecified atom stereocenters. The van der Waals surface area contributed by atoms with Crippen molar-refractivity contribution in [3.05, 3.63) is 70.3 Å². The Balaban J connectivity index is 2.15.